The summed E-state index contributed by atoms with van der Waals surface area (Å²) in [4.78, 5) is 12.3. The van der Waals surface area contributed by atoms with Crippen LogP contribution in [0.5, 0.6) is 0 Å². The quantitative estimate of drug-likeness (QED) is 0.747. The molecule has 0 bridgehead atoms. The van der Waals surface area contributed by atoms with Crippen LogP contribution in [-0.4, -0.2) is 11.1 Å². The largest absolute Gasteiger partial charge is 0.355 e. The number of hydrogen-bond donors (Lipinski definition) is 1. The van der Waals surface area contributed by atoms with Crippen LogP contribution < -0.4 is 5.32 Å². The first-order valence-corrected chi connectivity index (χ1v) is 7.52. The number of aryl methyl sites for hydroxylation is 1. The van der Waals surface area contributed by atoms with E-state index in [1.807, 2.05) is 44.2 Å². The Kier molecular flexibility index (Phi) is 4.17. The van der Waals surface area contributed by atoms with E-state index in [0.29, 0.717) is 10.8 Å². The minimum atomic E-state index is -0.303. The number of nitrogens with one attached hydrogen (secondary N) is 1. The number of carbonyl (C=O) groups is 1. The van der Waals surface area contributed by atoms with E-state index >= 15 is 0 Å². The molecular weight excluding hydrogens is 312 g/mol. The van der Waals surface area contributed by atoms with E-state index in [1.54, 1.807) is 18.2 Å². The molecule has 0 aliphatic carbocycles. The van der Waals surface area contributed by atoms with Gasteiger partial charge >= 0.3 is 0 Å². The Labute approximate surface area is 139 Å². The topological polar surface area (TPSA) is 55.1 Å². The summed E-state index contributed by atoms with van der Waals surface area (Å²) in [5.74, 6) is 0.218. The van der Waals surface area contributed by atoms with Crippen LogP contribution >= 0.6 is 11.6 Å². The molecule has 1 N–H and O–H groups in total. The monoisotopic (exact) mass is 326 g/mol. The summed E-state index contributed by atoms with van der Waals surface area (Å²) in [5, 5.41) is 7.34. The molecule has 4 nitrogen and oxygen atoms in total. The van der Waals surface area contributed by atoms with Crippen LogP contribution in [0.25, 0.3) is 11.3 Å². The second-order valence-electron chi connectivity index (χ2n) is 5.28. The predicted octanol–water partition coefficient (Wildman–Crippen LogP) is 4.86. The van der Waals surface area contributed by atoms with E-state index in [9.17, 15) is 4.79 Å². The number of carbonyl (C=O) groups excluding carboxylic acids is 1. The Bertz CT molecular complexity index is 854. The molecular formula is C18H15ClN2O2. The number of rotatable bonds is 3. The van der Waals surface area contributed by atoms with Crippen molar-refractivity contribution in [3.63, 3.8) is 0 Å². The van der Waals surface area contributed by atoms with Crippen molar-refractivity contribution in [3.05, 3.63) is 70.4 Å². The van der Waals surface area contributed by atoms with Crippen molar-refractivity contribution in [2.45, 2.75) is 13.8 Å². The number of hydrogen-bond acceptors (Lipinski definition) is 3. The SMILES string of the molecule is Cc1cccc(NC(=O)c2cc(-c3ccc(Cl)cc3)on2)c1C. The van der Waals surface area contributed by atoms with Crippen molar-refractivity contribution in [3.8, 4) is 11.3 Å². The van der Waals surface area contributed by atoms with Crippen LogP contribution in [0.15, 0.2) is 53.1 Å². The predicted molar refractivity (Wildman–Crippen MR) is 90.8 cm³/mol. The van der Waals surface area contributed by atoms with E-state index in [4.69, 9.17) is 16.1 Å². The summed E-state index contributed by atoms with van der Waals surface area (Å²) in [6.07, 6.45) is 0. The van der Waals surface area contributed by atoms with Crippen LogP contribution in [-0.2, 0) is 0 Å². The molecule has 5 heteroatoms. The highest BCUT2D eigenvalue weighted by molar-refractivity contribution is 6.30. The molecule has 1 amide bonds. The Morgan fingerprint density at radius 3 is 2.61 bits per heavy atom. The number of amides is 1. The van der Waals surface area contributed by atoms with Gasteiger partial charge in [-0.25, -0.2) is 0 Å². The lowest BCUT2D eigenvalue weighted by Gasteiger charge is -2.08. The van der Waals surface area contributed by atoms with Crippen molar-refractivity contribution in [2.24, 2.45) is 0 Å². The third-order valence-electron chi connectivity index (χ3n) is 3.72. The number of anilines is 1. The highest BCUT2D eigenvalue weighted by atomic mass is 35.5. The molecule has 116 valence electrons. The van der Waals surface area contributed by atoms with E-state index < -0.39 is 0 Å². The molecule has 0 radical (unpaired) electrons. The maximum atomic E-state index is 12.3. The third kappa shape index (κ3) is 3.27. The molecule has 23 heavy (non-hydrogen) atoms. The summed E-state index contributed by atoms with van der Waals surface area (Å²) in [6, 6.07) is 14.5. The zero-order chi connectivity index (χ0) is 16.4. The summed E-state index contributed by atoms with van der Waals surface area (Å²) >= 11 is 5.86. The highest BCUT2D eigenvalue weighted by Gasteiger charge is 2.15. The standard InChI is InChI=1S/C18H15ClN2O2/c1-11-4-3-5-15(12(11)2)20-18(22)16-10-17(23-21-16)13-6-8-14(19)9-7-13/h3-10H,1-2H3,(H,20,22). The first kappa shape index (κ1) is 15.3. The summed E-state index contributed by atoms with van der Waals surface area (Å²) in [5.41, 5.74) is 3.96. The van der Waals surface area contributed by atoms with Crippen LogP contribution in [0, 0.1) is 13.8 Å². The summed E-state index contributed by atoms with van der Waals surface area (Å²) in [7, 11) is 0. The molecule has 3 aromatic rings. The van der Waals surface area contributed by atoms with Crippen molar-refractivity contribution in [1.82, 2.24) is 5.16 Å². The molecule has 0 fully saturated rings. The van der Waals surface area contributed by atoms with Crippen molar-refractivity contribution < 1.29 is 9.32 Å². The fraction of sp³-hybridized carbons (Fsp3) is 0.111. The van der Waals surface area contributed by atoms with Gasteiger partial charge in [-0.1, -0.05) is 28.9 Å². The smallest absolute Gasteiger partial charge is 0.277 e. The molecule has 1 heterocycles. The average Bonchev–Trinajstić information content (AvgIpc) is 3.02. The van der Waals surface area contributed by atoms with Gasteiger partial charge in [-0.05, 0) is 55.3 Å². The van der Waals surface area contributed by atoms with E-state index in [2.05, 4.69) is 10.5 Å². The third-order valence-corrected chi connectivity index (χ3v) is 3.98. The number of nitrogens with zero attached hydrogens (tertiary/aromatic N) is 1. The van der Waals surface area contributed by atoms with Gasteiger partial charge in [0.1, 0.15) is 0 Å². The minimum Gasteiger partial charge on any atom is -0.355 e. The molecule has 0 saturated heterocycles. The van der Waals surface area contributed by atoms with Gasteiger partial charge in [-0.15, -0.1) is 0 Å². The van der Waals surface area contributed by atoms with Crippen molar-refractivity contribution >= 4 is 23.2 Å². The zero-order valence-electron chi connectivity index (χ0n) is 12.8. The lowest BCUT2D eigenvalue weighted by molar-refractivity contribution is 0.101. The van der Waals surface area contributed by atoms with Gasteiger partial charge in [0.25, 0.3) is 5.91 Å². The normalized spacial score (nSPS) is 10.6. The minimum absolute atomic E-state index is 0.232. The lowest BCUT2D eigenvalue weighted by Crippen LogP contribution is -2.13. The maximum absolute atomic E-state index is 12.3. The zero-order valence-corrected chi connectivity index (χ0v) is 13.5. The van der Waals surface area contributed by atoms with Crippen LogP contribution in [0.4, 0.5) is 5.69 Å². The van der Waals surface area contributed by atoms with Crippen molar-refractivity contribution in [2.75, 3.05) is 5.32 Å². The van der Waals surface area contributed by atoms with E-state index in [1.165, 1.54) is 0 Å². The van der Waals surface area contributed by atoms with Gasteiger partial charge in [0.2, 0.25) is 0 Å². The molecule has 0 atom stereocenters. The van der Waals surface area contributed by atoms with Gasteiger partial charge in [0.05, 0.1) is 0 Å². The maximum Gasteiger partial charge on any atom is 0.277 e. The van der Waals surface area contributed by atoms with Crippen molar-refractivity contribution in [1.29, 1.82) is 0 Å². The molecule has 0 unspecified atom stereocenters. The second kappa shape index (κ2) is 6.26. The first-order valence-electron chi connectivity index (χ1n) is 7.15. The molecule has 0 saturated carbocycles. The van der Waals surface area contributed by atoms with Gasteiger partial charge in [0.15, 0.2) is 11.5 Å². The number of benzene rings is 2. The van der Waals surface area contributed by atoms with Gasteiger partial charge in [0, 0.05) is 22.3 Å². The fourth-order valence-corrected chi connectivity index (χ4v) is 2.33. The molecule has 1 aromatic heterocycles. The van der Waals surface area contributed by atoms with Crippen LogP contribution in [0.3, 0.4) is 0 Å². The van der Waals surface area contributed by atoms with Gasteiger partial charge < -0.3 is 9.84 Å². The summed E-state index contributed by atoms with van der Waals surface area (Å²) in [6.45, 7) is 3.96. The first-order chi connectivity index (χ1) is 11.0. The Hall–Kier alpha value is -2.59. The number of aromatic nitrogens is 1. The molecule has 3 rings (SSSR count). The van der Waals surface area contributed by atoms with E-state index in [0.717, 1.165) is 22.4 Å². The molecule has 0 aliphatic heterocycles. The second-order valence-corrected chi connectivity index (χ2v) is 5.72. The fourth-order valence-electron chi connectivity index (χ4n) is 2.21. The summed E-state index contributed by atoms with van der Waals surface area (Å²) < 4.78 is 5.25. The molecule has 2 aromatic carbocycles. The Morgan fingerprint density at radius 1 is 1.13 bits per heavy atom. The lowest BCUT2D eigenvalue weighted by atomic mass is 10.1. The van der Waals surface area contributed by atoms with Crippen LogP contribution in [0.1, 0.15) is 21.6 Å². The molecule has 0 spiro atoms. The average molecular weight is 327 g/mol. The van der Waals surface area contributed by atoms with E-state index in [-0.39, 0.29) is 11.6 Å². The Balaban J connectivity index is 1.81. The van der Waals surface area contributed by atoms with Gasteiger partial charge in [-0.3, -0.25) is 4.79 Å². The highest BCUT2D eigenvalue weighted by Crippen LogP contribution is 2.23. The number of halogens is 1. The Morgan fingerprint density at radius 2 is 1.87 bits per heavy atom. The molecule has 0 aliphatic rings. The van der Waals surface area contributed by atoms with Gasteiger partial charge in [-0.2, -0.15) is 0 Å². The van der Waals surface area contributed by atoms with Crippen LogP contribution in [0.2, 0.25) is 5.02 Å².